The third kappa shape index (κ3) is 4.49. The number of amides is 2. The molecule has 0 spiro atoms. The number of carbonyl (C=O) groups is 2. The smallest absolute Gasteiger partial charge is 0.266 e. The number of para-hydroxylation sites is 1. The molecule has 5 rings (SSSR count). The van der Waals surface area contributed by atoms with Crippen LogP contribution in [0.15, 0.2) is 72.8 Å². The van der Waals surface area contributed by atoms with Crippen LogP contribution in [0.2, 0.25) is 0 Å². The summed E-state index contributed by atoms with van der Waals surface area (Å²) >= 11 is 0. The van der Waals surface area contributed by atoms with Gasteiger partial charge in [-0.3, -0.25) is 14.4 Å². The van der Waals surface area contributed by atoms with E-state index in [0.717, 1.165) is 17.7 Å². The number of methoxy groups -OCH3 is 1. The summed E-state index contributed by atoms with van der Waals surface area (Å²) in [6.07, 6.45) is -0.0954. The van der Waals surface area contributed by atoms with Gasteiger partial charge in [0, 0.05) is 6.07 Å². The Kier molecular flexibility index (Phi) is 7.01. The van der Waals surface area contributed by atoms with Gasteiger partial charge in [-0.15, -0.1) is 0 Å². The molecule has 0 saturated carbocycles. The Balaban J connectivity index is 1.57. The van der Waals surface area contributed by atoms with Crippen molar-refractivity contribution >= 4 is 23.2 Å². The van der Waals surface area contributed by atoms with Crippen LogP contribution in [0.1, 0.15) is 31.9 Å². The van der Waals surface area contributed by atoms with E-state index in [1.807, 2.05) is 62.4 Å². The zero-order chi connectivity index (χ0) is 25.9. The van der Waals surface area contributed by atoms with Crippen molar-refractivity contribution in [2.75, 3.05) is 30.3 Å². The van der Waals surface area contributed by atoms with Crippen molar-refractivity contribution in [3.8, 4) is 17.2 Å². The van der Waals surface area contributed by atoms with Gasteiger partial charge in [-0.05, 0) is 55.3 Å². The zero-order valence-corrected chi connectivity index (χ0v) is 21.1. The molecule has 8 heteroatoms. The molecule has 0 N–H and O–H groups in total. The van der Waals surface area contributed by atoms with Crippen LogP contribution in [0.5, 0.6) is 17.2 Å². The maximum Gasteiger partial charge on any atom is 0.266 e. The first-order valence-corrected chi connectivity index (χ1v) is 12.5. The van der Waals surface area contributed by atoms with E-state index in [-0.39, 0.29) is 5.91 Å². The molecule has 0 radical (unpaired) electrons. The minimum Gasteiger partial charge on any atom is -0.497 e. The summed E-state index contributed by atoms with van der Waals surface area (Å²) in [5, 5.41) is 1.67. The fourth-order valence-electron chi connectivity index (χ4n) is 4.86. The number of hydrogen-bond acceptors (Lipinski definition) is 7. The van der Waals surface area contributed by atoms with E-state index in [0.29, 0.717) is 36.1 Å². The summed E-state index contributed by atoms with van der Waals surface area (Å²) in [6, 6.07) is 21.5. The largest absolute Gasteiger partial charge is 0.497 e. The second-order valence-corrected chi connectivity index (χ2v) is 8.86. The minimum atomic E-state index is -0.963. The molecule has 3 aromatic carbocycles. The number of anilines is 2. The average Bonchev–Trinajstić information content (AvgIpc) is 3.44. The quantitative estimate of drug-likeness (QED) is 0.384. The van der Waals surface area contributed by atoms with Crippen molar-refractivity contribution in [3.63, 3.8) is 0 Å². The van der Waals surface area contributed by atoms with Gasteiger partial charge < -0.3 is 14.2 Å². The summed E-state index contributed by atoms with van der Waals surface area (Å²) in [6.45, 7) is 4.98. The van der Waals surface area contributed by atoms with Crippen LogP contribution in [0.3, 0.4) is 0 Å². The molecule has 37 heavy (non-hydrogen) atoms. The molecule has 0 aromatic heterocycles. The Bertz CT molecular complexity index is 1280. The number of ether oxygens (including phenoxy) is 3. The molecule has 2 aliphatic heterocycles. The Morgan fingerprint density at radius 1 is 0.838 bits per heavy atom. The van der Waals surface area contributed by atoms with Crippen LogP contribution < -0.4 is 24.2 Å². The van der Waals surface area contributed by atoms with Gasteiger partial charge in [0.15, 0.2) is 17.6 Å². The van der Waals surface area contributed by atoms with E-state index >= 15 is 0 Å². The van der Waals surface area contributed by atoms with Crippen LogP contribution in [0.25, 0.3) is 0 Å². The van der Waals surface area contributed by atoms with Gasteiger partial charge in [-0.1, -0.05) is 37.3 Å². The van der Waals surface area contributed by atoms with E-state index in [9.17, 15) is 9.59 Å². The minimum absolute atomic E-state index is 0.323. The topological polar surface area (TPSA) is 77.5 Å². The van der Waals surface area contributed by atoms with Gasteiger partial charge in [0.2, 0.25) is 5.91 Å². The lowest BCUT2D eigenvalue weighted by molar-refractivity contribution is -0.126. The predicted octanol–water partition coefficient (Wildman–Crippen LogP) is 4.93. The molecule has 2 saturated heterocycles. The lowest BCUT2D eigenvalue weighted by Crippen LogP contribution is -2.37. The zero-order valence-electron chi connectivity index (χ0n) is 21.1. The third-order valence-corrected chi connectivity index (χ3v) is 6.51. The first-order chi connectivity index (χ1) is 18.1. The second kappa shape index (κ2) is 10.5. The van der Waals surface area contributed by atoms with Crippen molar-refractivity contribution < 1.29 is 28.6 Å². The van der Waals surface area contributed by atoms with Crippen molar-refractivity contribution in [2.45, 2.75) is 32.4 Å². The molecule has 2 aliphatic rings. The van der Waals surface area contributed by atoms with Crippen LogP contribution >= 0.6 is 0 Å². The first kappa shape index (κ1) is 24.6. The van der Waals surface area contributed by atoms with E-state index in [1.165, 1.54) is 4.90 Å². The number of hydrogen-bond donors (Lipinski definition) is 0. The van der Waals surface area contributed by atoms with Crippen molar-refractivity contribution in [1.29, 1.82) is 0 Å². The van der Waals surface area contributed by atoms with Crippen LogP contribution in [-0.2, 0) is 14.4 Å². The van der Waals surface area contributed by atoms with Gasteiger partial charge >= 0.3 is 0 Å². The third-order valence-electron chi connectivity index (χ3n) is 6.51. The standard InChI is InChI=1S/C29H30N2O6/c1-4-16-36-23-15-14-19(17-24(23)35-5-2)26-25-27(37-31(26)20-10-7-6-8-11-20)29(33)30(28(25)32)21-12-9-13-22(18-21)34-3/h6-15,17-18,25-27H,4-5,16H2,1-3H3/t25-,26-,27-/m1/s1. The van der Waals surface area contributed by atoms with Crippen LogP contribution in [0.4, 0.5) is 11.4 Å². The highest BCUT2D eigenvalue weighted by atomic mass is 16.7. The highest BCUT2D eigenvalue weighted by Gasteiger charge is 2.60. The summed E-state index contributed by atoms with van der Waals surface area (Å²) in [5.74, 6) is 0.307. The molecule has 8 nitrogen and oxygen atoms in total. The van der Waals surface area contributed by atoms with Gasteiger partial charge in [0.25, 0.3) is 5.91 Å². The number of hydroxylamine groups is 1. The van der Waals surface area contributed by atoms with E-state index in [4.69, 9.17) is 19.0 Å². The fraction of sp³-hybridized carbons (Fsp3) is 0.310. The maximum atomic E-state index is 13.9. The van der Waals surface area contributed by atoms with Crippen molar-refractivity contribution in [2.24, 2.45) is 5.92 Å². The lowest BCUT2D eigenvalue weighted by Gasteiger charge is -2.29. The Hall–Kier alpha value is -4.04. The van der Waals surface area contributed by atoms with Gasteiger partial charge in [0.05, 0.1) is 37.7 Å². The molecular formula is C29H30N2O6. The summed E-state index contributed by atoms with van der Waals surface area (Å²) < 4.78 is 17.1. The van der Waals surface area contributed by atoms with Gasteiger partial charge in [-0.25, -0.2) is 9.96 Å². The molecule has 3 aromatic rings. The van der Waals surface area contributed by atoms with Crippen LogP contribution in [-0.4, -0.2) is 38.2 Å². The molecular weight excluding hydrogens is 472 g/mol. The molecule has 0 aliphatic carbocycles. The Morgan fingerprint density at radius 2 is 1.62 bits per heavy atom. The number of nitrogens with zero attached hydrogens (tertiary/aromatic N) is 2. The second-order valence-electron chi connectivity index (χ2n) is 8.86. The summed E-state index contributed by atoms with van der Waals surface area (Å²) in [4.78, 5) is 34.9. The molecule has 2 fully saturated rings. The summed E-state index contributed by atoms with van der Waals surface area (Å²) in [5.41, 5.74) is 1.99. The number of benzene rings is 3. The SMILES string of the molecule is CCCOc1ccc([C@@H]2[C@H]3C(=O)N(c4cccc(OC)c4)C(=O)[C@@H]3ON2c2ccccc2)cc1OCC. The number of imide groups is 1. The number of fused-ring (bicyclic) bond motifs is 1. The van der Waals surface area contributed by atoms with Gasteiger partial charge in [0.1, 0.15) is 11.7 Å². The lowest BCUT2D eigenvalue weighted by atomic mass is 9.90. The fourth-order valence-corrected chi connectivity index (χ4v) is 4.86. The summed E-state index contributed by atoms with van der Waals surface area (Å²) in [7, 11) is 1.54. The molecule has 192 valence electrons. The Labute approximate surface area is 216 Å². The molecule has 0 bridgehead atoms. The van der Waals surface area contributed by atoms with Crippen molar-refractivity contribution in [3.05, 3.63) is 78.4 Å². The first-order valence-electron chi connectivity index (χ1n) is 12.5. The van der Waals surface area contributed by atoms with Crippen LogP contribution in [0, 0.1) is 5.92 Å². The highest BCUT2D eigenvalue weighted by Crippen LogP contribution is 2.49. The predicted molar refractivity (Wildman–Crippen MR) is 139 cm³/mol. The number of rotatable bonds is 9. The molecule has 0 unspecified atom stereocenters. The maximum absolute atomic E-state index is 13.9. The molecule has 3 atom stereocenters. The van der Waals surface area contributed by atoms with E-state index in [1.54, 1.807) is 36.4 Å². The normalized spacial score (nSPS) is 20.8. The highest BCUT2D eigenvalue weighted by molar-refractivity contribution is 6.24. The van der Waals surface area contributed by atoms with E-state index in [2.05, 4.69) is 0 Å². The molecule has 2 amide bonds. The van der Waals surface area contributed by atoms with Gasteiger partial charge in [-0.2, -0.15) is 0 Å². The Morgan fingerprint density at radius 3 is 2.35 bits per heavy atom. The average molecular weight is 503 g/mol. The van der Waals surface area contributed by atoms with E-state index < -0.39 is 24.0 Å². The monoisotopic (exact) mass is 502 g/mol. The number of carbonyl (C=O) groups excluding carboxylic acids is 2. The van der Waals surface area contributed by atoms with Crippen molar-refractivity contribution in [1.82, 2.24) is 0 Å². The molecule has 2 heterocycles.